The van der Waals surface area contributed by atoms with Gasteiger partial charge in [-0.3, -0.25) is 9.80 Å². The van der Waals surface area contributed by atoms with E-state index in [4.69, 9.17) is 9.47 Å². The van der Waals surface area contributed by atoms with E-state index in [1.165, 1.54) is 11.1 Å². The molecule has 1 unspecified atom stereocenters. The lowest BCUT2D eigenvalue weighted by atomic mass is 10.0. The number of ether oxygens (including phenoxy) is 2. The summed E-state index contributed by atoms with van der Waals surface area (Å²) in [7, 11) is 0. The maximum atomic E-state index is 6.48. The van der Waals surface area contributed by atoms with Gasteiger partial charge in [0.1, 0.15) is 0 Å². The van der Waals surface area contributed by atoms with Crippen LogP contribution in [-0.2, 0) is 22.6 Å². The lowest BCUT2D eigenvalue weighted by Gasteiger charge is -2.39. The second-order valence-electron chi connectivity index (χ2n) is 8.54. The van der Waals surface area contributed by atoms with Crippen LogP contribution in [0.25, 0.3) is 0 Å². The third kappa shape index (κ3) is 6.13. The third-order valence-electron chi connectivity index (χ3n) is 6.06. The van der Waals surface area contributed by atoms with Crippen molar-refractivity contribution in [1.82, 2.24) is 9.80 Å². The van der Waals surface area contributed by atoms with Crippen LogP contribution in [0.2, 0.25) is 0 Å². The van der Waals surface area contributed by atoms with Crippen LogP contribution in [0.4, 0.5) is 0 Å². The third-order valence-corrected chi connectivity index (χ3v) is 6.06. The van der Waals surface area contributed by atoms with Crippen molar-refractivity contribution >= 4 is 0 Å². The van der Waals surface area contributed by atoms with Gasteiger partial charge in [0.25, 0.3) is 0 Å². The van der Waals surface area contributed by atoms with Crippen LogP contribution in [0.15, 0.2) is 60.7 Å². The Kier molecular flexibility index (Phi) is 7.33. The number of rotatable bonds is 6. The van der Waals surface area contributed by atoms with Crippen LogP contribution in [-0.4, -0.2) is 55.0 Å². The minimum atomic E-state index is -0.0250. The highest BCUT2D eigenvalue weighted by molar-refractivity contribution is 5.15. The Hall–Kier alpha value is -1.72. The van der Waals surface area contributed by atoms with Gasteiger partial charge in [-0.05, 0) is 23.5 Å². The Morgan fingerprint density at radius 2 is 1.45 bits per heavy atom. The first-order valence-electron chi connectivity index (χ1n) is 11.1. The van der Waals surface area contributed by atoms with Gasteiger partial charge in [0.2, 0.25) is 0 Å². The van der Waals surface area contributed by atoms with Gasteiger partial charge in [0, 0.05) is 52.3 Å². The predicted octanol–water partition coefficient (Wildman–Crippen LogP) is 4.16. The predicted molar refractivity (Wildman–Crippen MR) is 116 cm³/mol. The van der Waals surface area contributed by atoms with Crippen molar-refractivity contribution < 1.29 is 9.47 Å². The first kappa shape index (κ1) is 20.5. The first-order valence-corrected chi connectivity index (χ1v) is 11.1. The van der Waals surface area contributed by atoms with E-state index in [0.717, 1.165) is 58.7 Å². The molecule has 0 saturated carbocycles. The lowest BCUT2D eigenvalue weighted by molar-refractivity contribution is -0.166. The molecule has 4 heteroatoms. The van der Waals surface area contributed by atoms with Gasteiger partial charge < -0.3 is 9.47 Å². The highest BCUT2D eigenvalue weighted by atomic mass is 16.7. The summed E-state index contributed by atoms with van der Waals surface area (Å²) in [6.07, 6.45) is 2.30. The molecule has 4 rings (SSSR count). The minimum Gasteiger partial charge on any atom is -0.353 e. The Labute approximate surface area is 175 Å². The van der Waals surface area contributed by atoms with E-state index in [0.29, 0.717) is 5.92 Å². The van der Waals surface area contributed by atoms with Crippen molar-refractivity contribution in [2.45, 2.75) is 45.2 Å². The fourth-order valence-electron chi connectivity index (χ4n) is 4.42. The molecule has 0 bridgehead atoms. The zero-order chi connectivity index (χ0) is 19.9. The zero-order valence-corrected chi connectivity index (χ0v) is 17.6. The quantitative estimate of drug-likeness (QED) is 0.734. The van der Waals surface area contributed by atoms with Gasteiger partial charge in [0.15, 0.2) is 6.29 Å². The van der Waals surface area contributed by atoms with E-state index in [1.54, 1.807) is 0 Å². The van der Waals surface area contributed by atoms with Crippen LogP contribution < -0.4 is 0 Å². The summed E-state index contributed by atoms with van der Waals surface area (Å²) in [5.74, 6) is 0.460. The molecule has 0 amide bonds. The summed E-state index contributed by atoms with van der Waals surface area (Å²) in [6.45, 7) is 9.30. The van der Waals surface area contributed by atoms with Gasteiger partial charge in [-0.2, -0.15) is 0 Å². The van der Waals surface area contributed by atoms with Crippen LogP contribution >= 0.6 is 0 Å². The van der Waals surface area contributed by atoms with E-state index in [-0.39, 0.29) is 12.4 Å². The van der Waals surface area contributed by atoms with E-state index in [1.807, 2.05) is 0 Å². The highest BCUT2D eigenvalue weighted by Gasteiger charge is 2.30. The summed E-state index contributed by atoms with van der Waals surface area (Å²) in [5.41, 5.74) is 2.75. The average Bonchev–Trinajstić information content (AvgIpc) is 3.25. The number of hydrogen-bond acceptors (Lipinski definition) is 4. The van der Waals surface area contributed by atoms with Crippen molar-refractivity contribution in [1.29, 1.82) is 0 Å². The van der Waals surface area contributed by atoms with Gasteiger partial charge >= 0.3 is 0 Å². The van der Waals surface area contributed by atoms with Gasteiger partial charge in [0.05, 0.1) is 6.10 Å². The van der Waals surface area contributed by atoms with Crippen molar-refractivity contribution in [3.8, 4) is 0 Å². The molecule has 2 aliphatic heterocycles. The first-order chi connectivity index (χ1) is 14.3. The molecule has 2 aromatic carbocycles. The van der Waals surface area contributed by atoms with Crippen LogP contribution in [0.1, 0.15) is 30.9 Å². The second kappa shape index (κ2) is 10.4. The molecule has 2 aromatic rings. The summed E-state index contributed by atoms with van der Waals surface area (Å²) in [5, 5.41) is 0. The van der Waals surface area contributed by atoms with E-state index in [9.17, 15) is 0 Å². The molecule has 0 aliphatic carbocycles. The molecule has 3 atom stereocenters. The maximum Gasteiger partial charge on any atom is 0.158 e. The Bertz CT molecular complexity index is 718. The minimum absolute atomic E-state index is 0.0250. The van der Waals surface area contributed by atoms with Crippen LogP contribution in [0, 0.1) is 5.92 Å². The smallest absolute Gasteiger partial charge is 0.158 e. The van der Waals surface area contributed by atoms with E-state index in [2.05, 4.69) is 77.4 Å². The molecule has 0 spiro atoms. The molecule has 0 radical (unpaired) electrons. The zero-order valence-electron chi connectivity index (χ0n) is 17.6. The molecule has 2 heterocycles. The average molecular weight is 395 g/mol. The molecule has 0 N–H and O–H groups in total. The Morgan fingerprint density at radius 1 is 0.862 bits per heavy atom. The monoisotopic (exact) mass is 394 g/mol. The summed E-state index contributed by atoms with van der Waals surface area (Å²) in [4.78, 5) is 5.14. The summed E-state index contributed by atoms with van der Waals surface area (Å²) in [6, 6.07) is 21.6. The van der Waals surface area contributed by atoms with E-state index < -0.39 is 0 Å². The molecular weight excluding hydrogens is 360 g/mol. The molecule has 0 aromatic heterocycles. The van der Waals surface area contributed by atoms with Crippen molar-refractivity contribution in [3.05, 3.63) is 71.8 Å². The molecule has 2 fully saturated rings. The lowest BCUT2D eigenvalue weighted by Crippen LogP contribution is -2.48. The standard InChI is InChI=1S/C25H34N2O2/c1-21-17-26(18-22-9-4-2-5-10-22)14-15-27(19-23-11-6-3-7-12-23)20-24(21)29-25-13-8-16-28-25/h2-7,9-12,21,24-25H,8,13-20H2,1H3/t21-,24+,25?/m0/s1. The molecule has 29 heavy (non-hydrogen) atoms. The van der Waals surface area contributed by atoms with Gasteiger partial charge in [-0.1, -0.05) is 67.6 Å². The SMILES string of the molecule is C[C@H]1CN(Cc2ccccc2)CCN(Cc2ccccc2)C[C@H]1OC1CCCO1. The molecule has 2 saturated heterocycles. The van der Waals surface area contributed by atoms with E-state index >= 15 is 0 Å². The van der Waals surface area contributed by atoms with Crippen molar-refractivity contribution in [2.75, 3.05) is 32.8 Å². The summed E-state index contributed by atoms with van der Waals surface area (Å²) < 4.78 is 12.3. The normalized spacial score (nSPS) is 26.9. The number of hydrogen-bond donors (Lipinski definition) is 0. The number of nitrogens with zero attached hydrogens (tertiary/aromatic N) is 2. The largest absolute Gasteiger partial charge is 0.353 e. The molecule has 156 valence electrons. The molecule has 2 aliphatic rings. The highest BCUT2D eigenvalue weighted by Crippen LogP contribution is 2.23. The van der Waals surface area contributed by atoms with Gasteiger partial charge in [-0.15, -0.1) is 0 Å². The molecule has 4 nitrogen and oxygen atoms in total. The fourth-order valence-corrected chi connectivity index (χ4v) is 4.42. The van der Waals surface area contributed by atoms with Crippen LogP contribution in [0.3, 0.4) is 0 Å². The van der Waals surface area contributed by atoms with Crippen molar-refractivity contribution in [2.24, 2.45) is 5.92 Å². The molecular formula is C25H34N2O2. The van der Waals surface area contributed by atoms with Gasteiger partial charge in [-0.25, -0.2) is 0 Å². The van der Waals surface area contributed by atoms with Crippen molar-refractivity contribution in [3.63, 3.8) is 0 Å². The second-order valence-corrected chi connectivity index (χ2v) is 8.54. The Balaban J connectivity index is 1.46. The maximum absolute atomic E-state index is 6.48. The topological polar surface area (TPSA) is 24.9 Å². The fraction of sp³-hybridized carbons (Fsp3) is 0.520. The summed E-state index contributed by atoms with van der Waals surface area (Å²) >= 11 is 0. The van der Waals surface area contributed by atoms with Crippen LogP contribution in [0.5, 0.6) is 0 Å². The Morgan fingerprint density at radius 3 is 2.00 bits per heavy atom. The number of benzene rings is 2.